The quantitative estimate of drug-likeness (QED) is 0.220. The van der Waals surface area contributed by atoms with E-state index < -0.39 is 47.9 Å². The average molecular weight is 378 g/mol. The van der Waals surface area contributed by atoms with Crippen LogP contribution in [0.3, 0.4) is 0 Å². The highest BCUT2D eigenvalue weighted by atomic mass is 32.2. The van der Waals surface area contributed by atoms with Crippen molar-refractivity contribution in [2.75, 3.05) is 12.0 Å². The molecule has 0 radical (unpaired) electrons. The number of hydrogen-bond acceptors (Lipinski definition) is 7. The summed E-state index contributed by atoms with van der Waals surface area (Å²) in [6.45, 7) is 1.27. The maximum Gasteiger partial charge on any atom is 0.326 e. The van der Waals surface area contributed by atoms with Crippen LogP contribution in [0.5, 0.6) is 0 Å². The first-order valence-electron chi connectivity index (χ1n) is 7.64. The average Bonchev–Trinajstić information content (AvgIpc) is 2.52. The third-order valence-electron chi connectivity index (χ3n) is 3.33. The minimum absolute atomic E-state index is 0.204. The highest BCUT2D eigenvalue weighted by Crippen LogP contribution is 2.03. The van der Waals surface area contributed by atoms with Gasteiger partial charge < -0.3 is 32.3 Å². The second kappa shape index (κ2) is 11.7. The number of amides is 3. The molecule has 0 rings (SSSR count). The first-order chi connectivity index (χ1) is 11.6. The van der Waals surface area contributed by atoms with Gasteiger partial charge in [-0.15, -0.1) is 0 Å². The Bertz CT molecular complexity index is 488. The number of carbonyl (C=O) groups is 4. The summed E-state index contributed by atoms with van der Waals surface area (Å²) in [6.07, 6.45) is 0.529. The van der Waals surface area contributed by atoms with Crippen molar-refractivity contribution in [2.24, 2.45) is 11.5 Å². The maximum absolute atomic E-state index is 12.2. The molecule has 0 fully saturated rings. The van der Waals surface area contributed by atoms with Gasteiger partial charge >= 0.3 is 5.97 Å². The van der Waals surface area contributed by atoms with E-state index in [0.29, 0.717) is 12.2 Å². The summed E-state index contributed by atoms with van der Waals surface area (Å²) in [4.78, 5) is 46.1. The number of hydrogen-bond donors (Lipinski definition) is 6. The van der Waals surface area contributed by atoms with Crippen molar-refractivity contribution in [3.8, 4) is 0 Å². The minimum Gasteiger partial charge on any atom is -0.480 e. The van der Waals surface area contributed by atoms with E-state index in [4.69, 9.17) is 16.6 Å². The number of thioether (sulfide) groups is 1. The zero-order chi connectivity index (χ0) is 19.6. The first-order valence-corrected chi connectivity index (χ1v) is 9.04. The molecular formula is C14H26N4O6S. The highest BCUT2D eigenvalue weighted by molar-refractivity contribution is 7.98. The summed E-state index contributed by atoms with van der Waals surface area (Å²) in [6, 6.07) is -3.60. The molecule has 0 saturated heterocycles. The molecule has 0 saturated carbocycles. The number of nitrogens with one attached hydrogen (secondary N) is 2. The second-order valence-corrected chi connectivity index (χ2v) is 6.50. The van der Waals surface area contributed by atoms with Crippen LogP contribution in [0.15, 0.2) is 0 Å². The van der Waals surface area contributed by atoms with Gasteiger partial charge in [0.15, 0.2) is 0 Å². The van der Waals surface area contributed by atoms with E-state index in [-0.39, 0.29) is 12.8 Å². The lowest BCUT2D eigenvalue weighted by Crippen LogP contribution is -2.58. The van der Waals surface area contributed by atoms with Gasteiger partial charge in [0, 0.05) is 6.42 Å². The zero-order valence-electron chi connectivity index (χ0n) is 14.2. The van der Waals surface area contributed by atoms with Crippen LogP contribution in [0, 0.1) is 0 Å². The molecule has 0 aliphatic rings. The van der Waals surface area contributed by atoms with Crippen LogP contribution in [-0.4, -0.2) is 70.1 Å². The lowest BCUT2D eigenvalue weighted by Gasteiger charge is -2.24. The van der Waals surface area contributed by atoms with Gasteiger partial charge in [-0.2, -0.15) is 11.8 Å². The Balaban J connectivity index is 4.88. The Labute approximate surface area is 150 Å². The molecule has 4 unspecified atom stereocenters. The lowest BCUT2D eigenvalue weighted by molar-refractivity contribution is -0.143. The van der Waals surface area contributed by atoms with Crippen LogP contribution < -0.4 is 22.1 Å². The third-order valence-corrected chi connectivity index (χ3v) is 3.97. The predicted molar refractivity (Wildman–Crippen MR) is 92.6 cm³/mol. The van der Waals surface area contributed by atoms with Gasteiger partial charge in [-0.3, -0.25) is 14.4 Å². The van der Waals surface area contributed by atoms with Crippen molar-refractivity contribution in [1.29, 1.82) is 0 Å². The van der Waals surface area contributed by atoms with Gasteiger partial charge in [0.1, 0.15) is 12.1 Å². The van der Waals surface area contributed by atoms with E-state index in [1.165, 1.54) is 18.7 Å². The fourth-order valence-electron chi connectivity index (χ4n) is 1.85. The summed E-state index contributed by atoms with van der Waals surface area (Å²) >= 11 is 1.51. The van der Waals surface area contributed by atoms with Crippen molar-refractivity contribution in [1.82, 2.24) is 10.6 Å². The molecule has 0 aliphatic carbocycles. The topological polar surface area (TPSA) is 185 Å². The Hall–Kier alpha value is -1.85. The molecule has 8 N–H and O–H groups in total. The van der Waals surface area contributed by atoms with Crippen molar-refractivity contribution in [3.63, 3.8) is 0 Å². The normalized spacial score (nSPS) is 15.5. The Kier molecular flexibility index (Phi) is 10.8. The summed E-state index contributed by atoms with van der Waals surface area (Å²) in [5.41, 5.74) is 10.7. The molecule has 4 atom stereocenters. The number of carbonyl (C=O) groups excluding carboxylic acids is 3. The number of carboxylic acid groups (broad SMARTS) is 1. The molecule has 0 aliphatic heterocycles. The number of aliphatic hydroxyl groups is 1. The van der Waals surface area contributed by atoms with E-state index in [1.807, 2.05) is 6.26 Å². The largest absolute Gasteiger partial charge is 0.480 e. The molecular weight excluding hydrogens is 352 g/mol. The Morgan fingerprint density at radius 3 is 2.16 bits per heavy atom. The van der Waals surface area contributed by atoms with Gasteiger partial charge in [0.2, 0.25) is 17.7 Å². The van der Waals surface area contributed by atoms with Crippen molar-refractivity contribution in [2.45, 2.75) is 50.4 Å². The fourth-order valence-corrected chi connectivity index (χ4v) is 2.34. The monoisotopic (exact) mass is 378 g/mol. The van der Waals surface area contributed by atoms with Gasteiger partial charge in [-0.1, -0.05) is 0 Å². The zero-order valence-corrected chi connectivity index (χ0v) is 15.0. The predicted octanol–water partition coefficient (Wildman–Crippen LogP) is -2.23. The number of nitrogens with two attached hydrogens (primary N) is 2. The lowest BCUT2D eigenvalue weighted by atomic mass is 10.1. The molecule has 144 valence electrons. The summed E-state index contributed by atoms with van der Waals surface area (Å²) in [5.74, 6) is -2.94. The molecule has 0 bridgehead atoms. The molecule has 0 aromatic rings. The van der Waals surface area contributed by atoms with Crippen LogP contribution in [-0.2, 0) is 19.2 Å². The van der Waals surface area contributed by atoms with Crippen molar-refractivity contribution < 1.29 is 29.4 Å². The van der Waals surface area contributed by atoms with Gasteiger partial charge in [-0.05, 0) is 31.8 Å². The van der Waals surface area contributed by atoms with Gasteiger partial charge in [0.25, 0.3) is 0 Å². The SMILES string of the molecule is CSCCC(N)C(=O)NC(C(=O)NC(CCC(N)=O)C(=O)O)C(C)O. The van der Waals surface area contributed by atoms with E-state index >= 15 is 0 Å². The minimum atomic E-state index is -1.37. The first kappa shape index (κ1) is 23.1. The molecule has 0 heterocycles. The van der Waals surface area contributed by atoms with E-state index in [9.17, 15) is 24.3 Å². The molecule has 3 amide bonds. The highest BCUT2D eigenvalue weighted by Gasteiger charge is 2.30. The van der Waals surface area contributed by atoms with Gasteiger partial charge in [0.05, 0.1) is 12.1 Å². The number of carboxylic acids is 1. The van der Waals surface area contributed by atoms with Crippen LogP contribution in [0.25, 0.3) is 0 Å². The maximum atomic E-state index is 12.2. The fraction of sp³-hybridized carbons (Fsp3) is 0.714. The van der Waals surface area contributed by atoms with Crippen molar-refractivity contribution in [3.05, 3.63) is 0 Å². The van der Waals surface area contributed by atoms with Crippen LogP contribution >= 0.6 is 11.8 Å². The van der Waals surface area contributed by atoms with Gasteiger partial charge in [-0.25, -0.2) is 4.79 Å². The molecule has 0 spiro atoms. The van der Waals surface area contributed by atoms with Crippen molar-refractivity contribution >= 4 is 35.5 Å². The van der Waals surface area contributed by atoms with E-state index in [1.54, 1.807) is 0 Å². The Morgan fingerprint density at radius 2 is 1.72 bits per heavy atom. The van der Waals surface area contributed by atoms with Crippen LogP contribution in [0.2, 0.25) is 0 Å². The molecule has 0 aromatic carbocycles. The molecule has 10 nitrogen and oxygen atoms in total. The molecule has 25 heavy (non-hydrogen) atoms. The number of primary amides is 1. The number of rotatable bonds is 12. The standard InChI is InChI=1S/C14H26N4O6S/c1-7(19)11(18-12(21)8(15)5-6-25-2)13(22)17-9(14(23)24)3-4-10(16)20/h7-9,11,19H,3-6,15H2,1-2H3,(H2,16,20)(H,17,22)(H,18,21)(H,23,24). The van der Waals surface area contributed by atoms with E-state index in [0.717, 1.165) is 0 Å². The third kappa shape index (κ3) is 9.27. The Morgan fingerprint density at radius 1 is 1.12 bits per heavy atom. The van der Waals surface area contributed by atoms with Crippen LogP contribution in [0.1, 0.15) is 26.2 Å². The second-order valence-electron chi connectivity index (χ2n) is 5.52. The molecule has 11 heteroatoms. The number of aliphatic hydroxyl groups excluding tert-OH is 1. The van der Waals surface area contributed by atoms with Crippen LogP contribution in [0.4, 0.5) is 0 Å². The van der Waals surface area contributed by atoms with E-state index in [2.05, 4.69) is 10.6 Å². The molecule has 0 aromatic heterocycles. The number of aliphatic carboxylic acids is 1. The summed E-state index contributed by atoms with van der Waals surface area (Å²) < 4.78 is 0. The smallest absolute Gasteiger partial charge is 0.326 e. The summed E-state index contributed by atoms with van der Waals surface area (Å²) in [5, 5.41) is 23.3. The summed E-state index contributed by atoms with van der Waals surface area (Å²) in [7, 11) is 0.